The number of aryl methyl sites for hydroxylation is 1. The first kappa shape index (κ1) is 16.3. The van der Waals surface area contributed by atoms with Gasteiger partial charge < -0.3 is 8.97 Å². The van der Waals surface area contributed by atoms with Crippen molar-refractivity contribution in [3.8, 4) is 0 Å². The minimum Gasteiger partial charge on any atom is -0.310 e. The van der Waals surface area contributed by atoms with Crippen LogP contribution in [0.15, 0.2) is 71.7 Å². The fourth-order valence-electron chi connectivity index (χ4n) is 3.30. The Balaban J connectivity index is 1.69. The predicted octanol–water partition coefficient (Wildman–Crippen LogP) is 3.60. The topological polar surface area (TPSA) is 43.5 Å². The minimum absolute atomic E-state index is 0.0444. The molecule has 0 bridgehead atoms. The minimum atomic E-state index is -0.409. The first-order chi connectivity index (χ1) is 12.6. The second-order valence-electron chi connectivity index (χ2n) is 6.30. The van der Waals surface area contributed by atoms with E-state index in [0.29, 0.717) is 17.5 Å². The van der Waals surface area contributed by atoms with Gasteiger partial charge in [0.1, 0.15) is 17.1 Å². The Morgan fingerprint density at radius 2 is 1.73 bits per heavy atom. The van der Waals surface area contributed by atoms with Gasteiger partial charge in [-0.15, -0.1) is 0 Å². The Kier molecular flexibility index (Phi) is 4.13. The molecule has 130 valence electrons. The summed E-state index contributed by atoms with van der Waals surface area (Å²) < 4.78 is 17.0. The van der Waals surface area contributed by atoms with Crippen LogP contribution in [0.25, 0.3) is 16.6 Å². The van der Waals surface area contributed by atoms with Crippen molar-refractivity contribution in [2.75, 3.05) is 0 Å². The van der Waals surface area contributed by atoms with Gasteiger partial charge in [0.2, 0.25) is 0 Å². The van der Waals surface area contributed by atoms with Gasteiger partial charge >= 0.3 is 0 Å². The number of carbonyl (C=O) groups is 1. The molecule has 0 unspecified atom stereocenters. The Hall–Kier alpha value is -3.21. The molecular formula is C21H17FN2O2. The molecule has 0 amide bonds. The zero-order chi connectivity index (χ0) is 18.1. The van der Waals surface area contributed by atoms with Crippen molar-refractivity contribution in [3.63, 3.8) is 0 Å². The Labute approximate surface area is 149 Å². The van der Waals surface area contributed by atoms with E-state index in [1.54, 1.807) is 28.8 Å². The number of fused-ring (bicyclic) bond motifs is 3. The average Bonchev–Trinajstić information content (AvgIpc) is 3.12. The SMILES string of the molecule is O=C(CCn1c(=O)c2cccn2c2ccc(F)cc21)Cc1ccccc1. The van der Waals surface area contributed by atoms with E-state index >= 15 is 0 Å². The molecule has 2 aromatic carbocycles. The van der Waals surface area contributed by atoms with Gasteiger partial charge in [-0.1, -0.05) is 30.3 Å². The van der Waals surface area contributed by atoms with Crippen molar-refractivity contribution in [1.82, 2.24) is 8.97 Å². The van der Waals surface area contributed by atoms with Crippen molar-refractivity contribution in [2.24, 2.45) is 0 Å². The second-order valence-corrected chi connectivity index (χ2v) is 6.30. The third-order valence-electron chi connectivity index (χ3n) is 4.56. The first-order valence-corrected chi connectivity index (χ1v) is 8.48. The largest absolute Gasteiger partial charge is 0.310 e. The van der Waals surface area contributed by atoms with E-state index < -0.39 is 5.82 Å². The van der Waals surface area contributed by atoms with Crippen LogP contribution in [-0.2, 0) is 17.8 Å². The van der Waals surface area contributed by atoms with E-state index in [2.05, 4.69) is 0 Å². The molecule has 4 nitrogen and oxygen atoms in total. The lowest BCUT2D eigenvalue weighted by molar-refractivity contribution is -0.118. The normalized spacial score (nSPS) is 11.3. The van der Waals surface area contributed by atoms with Gasteiger partial charge in [0, 0.05) is 25.6 Å². The molecule has 0 aliphatic heterocycles. The summed E-state index contributed by atoms with van der Waals surface area (Å²) in [5.74, 6) is -0.365. The Morgan fingerprint density at radius 3 is 2.54 bits per heavy atom. The highest BCUT2D eigenvalue weighted by Gasteiger charge is 2.13. The standard InChI is InChI=1S/C21H17FN2O2/c22-16-8-9-18-20(14-16)24(21(26)19-7-4-11-23(18)19)12-10-17(25)13-15-5-2-1-3-6-15/h1-9,11,14H,10,12-13H2. The summed E-state index contributed by atoms with van der Waals surface area (Å²) in [5, 5.41) is 0. The fraction of sp³-hybridized carbons (Fsp3) is 0.143. The Bertz CT molecular complexity index is 1160. The highest BCUT2D eigenvalue weighted by atomic mass is 19.1. The molecule has 4 rings (SSSR count). The zero-order valence-electron chi connectivity index (χ0n) is 14.1. The van der Waals surface area contributed by atoms with E-state index in [1.807, 2.05) is 30.3 Å². The lowest BCUT2D eigenvalue weighted by atomic mass is 10.1. The molecule has 0 saturated heterocycles. The molecule has 0 aliphatic carbocycles. The Morgan fingerprint density at radius 1 is 0.923 bits per heavy atom. The average molecular weight is 348 g/mol. The number of benzene rings is 2. The molecule has 0 radical (unpaired) electrons. The number of nitrogens with zero attached hydrogens (tertiary/aromatic N) is 2. The molecule has 0 saturated carbocycles. The van der Waals surface area contributed by atoms with Gasteiger partial charge in [-0.2, -0.15) is 0 Å². The van der Waals surface area contributed by atoms with E-state index in [4.69, 9.17) is 0 Å². The smallest absolute Gasteiger partial charge is 0.275 e. The third kappa shape index (κ3) is 2.92. The first-order valence-electron chi connectivity index (χ1n) is 8.48. The summed E-state index contributed by atoms with van der Waals surface area (Å²) in [5.41, 5.74) is 2.47. The molecule has 26 heavy (non-hydrogen) atoms. The van der Waals surface area contributed by atoms with Gasteiger partial charge in [-0.25, -0.2) is 4.39 Å². The number of aromatic nitrogens is 2. The van der Waals surface area contributed by atoms with Crippen LogP contribution in [0, 0.1) is 5.82 Å². The number of rotatable bonds is 5. The summed E-state index contributed by atoms with van der Waals surface area (Å²) in [7, 11) is 0. The quantitative estimate of drug-likeness (QED) is 0.553. The molecule has 0 fully saturated rings. The fourth-order valence-corrected chi connectivity index (χ4v) is 3.30. The van der Waals surface area contributed by atoms with Crippen molar-refractivity contribution < 1.29 is 9.18 Å². The van der Waals surface area contributed by atoms with Crippen LogP contribution < -0.4 is 5.56 Å². The summed E-state index contributed by atoms with van der Waals surface area (Å²) in [6.45, 7) is 0.228. The molecule has 0 N–H and O–H groups in total. The van der Waals surface area contributed by atoms with E-state index in [9.17, 15) is 14.0 Å². The van der Waals surface area contributed by atoms with Crippen LogP contribution in [-0.4, -0.2) is 14.8 Å². The van der Waals surface area contributed by atoms with Crippen molar-refractivity contribution >= 4 is 22.3 Å². The number of Topliss-reactive ketones (excluding diaryl/α,β-unsaturated/α-hetero) is 1. The lowest BCUT2D eigenvalue weighted by Crippen LogP contribution is -2.24. The predicted molar refractivity (Wildman–Crippen MR) is 98.9 cm³/mol. The molecule has 2 heterocycles. The van der Waals surface area contributed by atoms with Crippen molar-refractivity contribution in [1.29, 1.82) is 0 Å². The summed E-state index contributed by atoms with van der Waals surface area (Å²) in [6, 6.07) is 17.4. The number of hydrogen-bond acceptors (Lipinski definition) is 2. The van der Waals surface area contributed by atoms with E-state index in [1.165, 1.54) is 16.7 Å². The highest BCUT2D eigenvalue weighted by molar-refractivity contribution is 5.82. The van der Waals surface area contributed by atoms with Gasteiger partial charge in [0.25, 0.3) is 5.56 Å². The summed E-state index contributed by atoms with van der Waals surface area (Å²) >= 11 is 0. The number of halogens is 1. The monoisotopic (exact) mass is 348 g/mol. The zero-order valence-corrected chi connectivity index (χ0v) is 14.1. The molecule has 4 aromatic rings. The van der Waals surface area contributed by atoms with Gasteiger partial charge in [0.05, 0.1) is 11.0 Å². The van der Waals surface area contributed by atoms with Gasteiger partial charge in [-0.3, -0.25) is 9.59 Å². The van der Waals surface area contributed by atoms with Gasteiger partial charge in [-0.05, 0) is 35.9 Å². The van der Waals surface area contributed by atoms with Crippen LogP contribution in [0.4, 0.5) is 4.39 Å². The highest BCUT2D eigenvalue weighted by Crippen LogP contribution is 2.17. The van der Waals surface area contributed by atoms with Crippen LogP contribution in [0.3, 0.4) is 0 Å². The van der Waals surface area contributed by atoms with Crippen LogP contribution in [0.5, 0.6) is 0 Å². The summed E-state index contributed by atoms with van der Waals surface area (Å²) in [6.07, 6.45) is 2.33. The lowest BCUT2D eigenvalue weighted by Gasteiger charge is -2.12. The summed E-state index contributed by atoms with van der Waals surface area (Å²) in [4.78, 5) is 25.1. The second kappa shape index (κ2) is 6.59. The number of carbonyl (C=O) groups excluding carboxylic acids is 1. The van der Waals surface area contributed by atoms with Crippen LogP contribution in [0.2, 0.25) is 0 Å². The third-order valence-corrected chi connectivity index (χ3v) is 4.56. The molecule has 2 aromatic heterocycles. The van der Waals surface area contributed by atoms with Gasteiger partial charge in [0.15, 0.2) is 0 Å². The number of hydrogen-bond donors (Lipinski definition) is 0. The van der Waals surface area contributed by atoms with E-state index in [0.717, 1.165) is 11.1 Å². The number of ketones is 1. The van der Waals surface area contributed by atoms with E-state index in [-0.39, 0.29) is 24.3 Å². The van der Waals surface area contributed by atoms with Crippen molar-refractivity contribution in [3.05, 3.63) is 88.6 Å². The van der Waals surface area contributed by atoms with Crippen molar-refractivity contribution in [2.45, 2.75) is 19.4 Å². The molecule has 0 atom stereocenters. The maximum Gasteiger partial charge on any atom is 0.275 e. The van der Waals surface area contributed by atoms with Crippen LogP contribution in [0.1, 0.15) is 12.0 Å². The maximum absolute atomic E-state index is 13.8. The molecule has 0 spiro atoms. The molecule has 0 aliphatic rings. The molecule has 5 heteroatoms. The maximum atomic E-state index is 13.8. The molecular weight excluding hydrogens is 331 g/mol. The van der Waals surface area contributed by atoms with Crippen LogP contribution >= 0.6 is 0 Å².